The third-order valence-corrected chi connectivity index (χ3v) is 6.21. The normalized spacial score (nSPS) is 11.3. The van der Waals surface area contributed by atoms with Gasteiger partial charge in [0.15, 0.2) is 0 Å². The van der Waals surface area contributed by atoms with Crippen molar-refractivity contribution in [2.75, 3.05) is 25.5 Å². The summed E-state index contributed by atoms with van der Waals surface area (Å²) in [7, 11) is -1.23. The molecule has 164 valence electrons. The number of hydrogen-bond donors (Lipinski definition) is 2. The van der Waals surface area contributed by atoms with E-state index in [1.807, 2.05) is 13.8 Å². The van der Waals surface area contributed by atoms with Crippen LogP contribution >= 0.6 is 23.2 Å². The van der Waals surface area contributed by atoms with Crippen LogP contribution in [0, 0.1) is 5.92 Å². The van der Waals surface area contributed by atoms with E-state index < -0.39 is 15.9 Å². The molecule has 0 aromatic heterocycles. The molecule has 1 amide bonds. The van der Waals surface area contributed by atoms with Gasteiger partial charge in [0, 0.05) is 12.6 Å². The summed E-state index contributed by atoms with van der Waals surface area (Å²) >= 11 is 12.2. The lowest BCUT2D eigenvalue weighted by molar-refractivity contribution is 0.0952. The third kappa shape index (κ3) is 5.93. The third-order valence-electron chi connectivity index (χ3n) is 4.22. The second kappa shape index (κ2) is 10.2. The van der Waals surface area contributed by atoms with Gasteiger partial charge in [0.25, 0.3) is 15.9 Å². The van der Waals surface area contributed by atoms with Crippen LogP contribution in [0.25, 0.3) is 0 Å². The van der Waals surface area contributed by atoms with E-state index in [0.717, 1.165) is 6.42 Å². The van der Waals surface area contributed by atoms with Crippen molar-refractivity contribution in [2.45, 2.75) is 25.2 Å². The molecule has 0 aliphatic rings. The van der Waals surface area contributed by atoms with Gasteiger partial charge in [-0.2, -0.15) is 0 Å². The maximum Gasteiger partial charge on any atom is 0.262 e. The topological polar surface area (TPSA) is 93.7 Å². The van der Waals surface area contributed by atoms with Crippen molar-refractivity contribution in [2.24, 2.45) is 5.92 Å². The summed E-state index contributed by atoms with van der Waals surface area (Å²) in [5.41, 5.74) is 0.198. The van der Waals surface area contributed by atoms with Crippen LogP contribution in [0.4, 0.5) is 5.69 Å². The first-order chi connectivity index (χ1) is 14.1. The Hall–Kier alpha value is -2.16. The first-order valence-electron chi connectivity index (χ1n) is 9.11. The van der Waals surface area contributed by atoms with Crippen LogP contribution in [-0.4, -0.2) is 35.1 Å². The van der Waals surface area contributed by atoms with Crippen molar-refractivity contribution in [3.63, 3.8) is 0 Å². The summed E-state index contributed by atoms with van der Waals surface area (Å²) < 4.78 is 38.6. The van der Waals surface area contributed by atoms with Gasteiger partial charge in [-0.1, -0.05) is 37.0 Å². The molecule has 30 heavy (non-hydrogen) atoms. The minimum Gasteiger partial charge on any atom is -0.495 e. The number of ether oxygens (including phenoxy) is 2. The predicted molar refractivity (Wildman–Crippen MR) is 119 cm³/mol. The standard InChI is InChI=1S/C20H24Cl2N2O5S/c1-12(2)7-8-23-20(25)14-9-13(5-6-15(14)21)30(26,27)24-17-10-16(22)18(28-3)11-19(17)29-4/h5-6,9-12,24H,7-8H2,1-4H3,(H,23,25). The van der Waals surface area contributed by atoms with Gasteiger partial charge >= 0.3 is 0 Å². The highest BCUT2D eigenvalue weighted by Gasteiger charge is 2.21. The SMILES string of the molecule is COc1cc(OC)c(NS(=O)(=O)c2ccc(Cl)c(C(=O)NCCC(C)C)c2)cc1Cl. The van der Waals surface area contributed by atoms with Crippen LogP contribution in [0.2, 0.25) is 10.0 Å². The van der Waals surface area contributed by atoms with Crippen LogP contribution in [-0.2, 0) is 10.0 Å². The Labute approximate surface area is 186 Å². The van der Waals surface area contributed by atoms with E-state index in [0.29, 0.717) is 18.2 Å². The number of amides is 1. The highest BCUT2D eigenvalue weighted by molar-refractivity contribution is 7.92. The Morgan fingerprint density at radius 2 is 1.70 bits per heavy atom. The highest BCUT2D eigenvalue weighted by atomic mass is 35.5. The predicted octanol–water partition coefficient (Wildman–Crippen LogP) is 4.59. The number of rotatable bonds is 9. The van der Waals surface area contributed by atoms with Crippen LogP contribution in [0.3, 0.4) is 0 Å². The Morgan fingerprint density at radius 1 is 1.03 bits per heavy atom. The number of benzene rings is 2. The first kappa shape index (κ1) is 24.1. The minimum atomic E-state index is -4.06. The Balaban J connectivity index is 2.33. The van der Waals surface area contributed by atoms with E-state index in [1.54, 1.807) is 0 Å². The molecule has 2 rings (SSSR count). The average molecular weight is 475 g/mol. The number of carbonyl (C=O) groups is 1. The number of methoxy groups -OCH3 is 2. The average Bonchev–Trinajstić information content (AvgIpc) is 2.67. The molecular formula is C20H24Cl2N2O5S. The van der Waals surface area contributed by atoms with Gasteiger partial charge in [-0.25, -0.2) is 8.42 Å². The molecule has 0 atom stereocenters. The Morgan fingerprint density at radius 3 is 2.30 bits per heavy atom. The number of anilines is 1. The molecule has 0 radical (unpaired) electrons. The molecule has 0 aliphatic carbocycles. The fraction of sp³-hybridized carbons (Fsp3) is 0.350. The molecule has 10 heteroatoms. The van der Waals surface area contributed by atoms with Crippen LogP contribution in [0.15, 0.2) is 35.2 Å². The molecule has 0 fully saturated rings. The zero-order valence-electron chi connectivity index (χ0n) is 17.1. The number of sulfonamides is 1. The van der Waals surface area contributed by atoms with Crippen molar-refractivity contribution in [3.05, 3.63) is 45.9 Å². The van der Waals surface area contributed by atoms with Gasteiger partial charge in [-0.05, 0) is 36.6 Å². The van der Waals surface area contributed by atoms with Crippen LogP contribution in [0.1, 0.15) is 30.6 Å². The molecule has 0 spiro atoms. The summed E-state index contributed by atoms with van der Waals surface area (Å²) in [6, 6.07) is 6.76. The van der Waals surface area contributed by atoms with E-state index in [9.17, 15) is 13.2 Å². The number of hydrogen-bond acceptors (Lipinski definition) is 5. The molecule has 0 aliphatic heterocycles. The number of carbonyl (C=O) groups excluding carboxylic acids is 1. The lowest BCUT2D eigenvalue weighted by atomic mass is 10.1. The molecule has 0 saturated heterocycles. The van der Waals surface area contributed by atoms with Gasteiger partial charge < -0.3 is 14.8 Å². The van der Waals surface area contributed by atoms with E-state index in [2.05, 4.69) is 10.0 Å². The number of nitrogens with one attached hydrogen (secondary N) is 2. The maximum absolute atomic E-state index is 12.9. The van der Waals surface area contributed by atoms with E-state index >= 15 is 0 Å². The molecule has 0 bridgehead atoms. The van der Waals surface area contributed by atoms with E-state index in [4.69, 9.17) is 32.7 Å². The highest BCUT2D eigenvalue weighted by Crippen LogP contribution is 2.37. The summed E-state index contributed by atoms with van der Waals surface area (Å²) in [4.78, 5) is 12.3. The van der Waals surface area contributed by atoms with Gasteiger partial charge in [0.1, 0.15) is 11.5 Å². The Kier molecular flexibility index (Phi) is 8.23. The van der Waals surface area contributed by atoms with Gasteiger partial charge in [0.2, 0.25) is 0 Å². The Bertz CT molecular complexity index is 1030. The zero-order valence-corrected chi connectivity index (χ0v) is 19.4. The fourth-order valence-electron chi connectivity index (χ4n) is 2.56. The summed E-state index contributed by atoms with van der Waals surface area (Å²) in [6.07, 6.45) is 0.793. The largest absolute Gasteiger partial charge is 0.495 e. The molecule has 0 saturated carbocycles. The molecule has 2 aromatic carbocycles. The zero-order chi connectivity index (χ0) is 22.5. The quantitative estimate of drug-likeness (QED) is 0.554. The molecule has 2 N–H and O–H groups in total. The second-order valence-electron chi connectivity index (χ2n) is 6.87. The summed E-state index contributed by atoms with van der Waals surface area (Å²) in [5.74, 6) is 0.537. The minimum absolute atomic E-state index is 0.0722. The molecule has 7 nitrogen and oxygen atoms in total. The van der Waals surface area contributed by atoms with Crippen molar-refractivity contribution in [3.8, 4) is 11.5 Å². The lowest BCUT2D eigenvalue weighted by Crippen LogP contribution is -2.26. The first-order valence-corrected chi connectivity index (χ1v) is 11.3. The van der Waals surface area contributed by atoms with Crippen molar-refractivity contribution < 1.29 is 22.7 Å². The number of halogens is 2. The summed E-state index contributed by atoms with van der Waals surface area (Å²) in [5, 5.41) is 3.11. The second-order valence-corrected chi connectivity index (χ2v) is 9.37. The maximum atomic E-state index is 12.9. The summed E-state index contributed by atoms with van der Waals surface area (Å²) in [6.45, 7) is 4.54. The van der Waals surface area contributed by atoms with Crippen LogP contribution < -0.4 is 19.5 Å². The smallest absolute Gasteiger partial charge is 0.262 e. The van der Waals surface area contributed by atoms with E-state index in [-0.39, 0.29) is 31.9 Å². The van der Waals surface area contributed by atoms with Crippen molar-refractivity contribution >= 4 is 44.8 Å². The lowest BCUT2D eigenvalue weighted by Gasteiger charge is -2.15. The monoisotopic (exact) mass is 474 g/mol. The van der Waals surface area contributed by atoms with Gasteiger partial charge in [-0.15, -0.1) is 0 Å². The molecular weight excluding hydrogens is 451 g/mol. The van der Waals surface area contributed by atoms with Crippen LogP contribution in [0.5, 0.6) is 11.5 Å². The van der Waals surface area contributed by atoms with Crippen molar-refractivity contribution in [1.29, 1.82) is 0 Å². The van der Waals surface area contributed by atoms with Gasteiger partial charge in [0.05, 0.1) is 40.4 Å². The van der Waals surface area contributed by atoms with Crippen molar-refractivity contribution in [1.82, 2.24) is 5.32 Å². The molecule has 0 heterocycles. The fourth-order valence-corrected chi connectivity index (χ4v) is 4.09. The molecule has 0 unspecified atom stereocenters. The molecule has 2 aromatic rings. The van der Waals surface area contributed by atoms with Gasteiger partial charge in [-0.3, -0.25) is 9.52 Å². The van der Waals surface area contributed by atoms with E-state index in [1.165, 1.54) is 44.6 Å².